The molecule has 2 aromatic rings. The molecule has 2 N–H and O–H groups in total. The normalized spacial score (nSPS) is 10.4. The van der Waals surface area contributed by atoms with Gasteiger partial charge in [-0.15, -0.1) is 0 Å². The number of amides is 1. The minimum atomic E-state index is -0.413. The van der Waals surface area contributed by atoms with Crippen LogP contribution in [-0.4, -0.2) is 15.7 Å². The standard InChI is InChI=1S/C14H14FN3O3/c1-9-8-10(15)2-3-11(9)16-12(19)6-7-18-14(21)5-4-13(20)17-18/h2-5,8H,6-7H2,1H3,(H,16,19)(H,17,20). The maximum atomic E-state index is 13.0. The minimum absolute atomic E-state index is 0.0106. The number of hydrogen-bond donors (Lipinski definition) is 2. The summed E-state index contributed by atoms with van der Waals surface area (Å²) in [6.45, 7) is 1.73. The van der Waals surface area contributed by atoms with Gasteiger partial charge in [0, 0.05) is 24.2 Å². The maximum absolute atomic E-state index is 13.0. The van der Waals surface area contributed by atoms with E-state index in [2.05, 4.69) is 10.4 Å². The SMILES string of the molecule is Cc1cc(F)ccc1NC(=O)CCn1[nH]c(=O)ccc1=O. The van der Waals surface area contributed by atoms with Crippen LogP contribution in [0.1, 0.15) is 12.0 Å². The monoisotopic (exact) mass is 291 g/mol. The average molecular weight is 291 g/mol. The van der Waals surface area contributed by atoms with E-state index >= 15 is 0 Å². The van der Waals surface area contributed by atoms with E-state index < -0.39 is 5.56 Å². The number of carbonyl (C=O) groups excluding carboxylic acids is 1. The van der Waals surface area contributed by atoms with E-state index in [1.807, 2.05) is 0 Å². The second kappa shape index (κ2) is 6.17. The van der Waals surface area contributed by atoms with Crippen molar-refractivity contribution >= 4 is 11.6 Å². The van der Waals surface area contributed by atoms with Crippen molar-refractivity contribution in [3.05, 3.63) is 62.4 Å². The van der Waals surface area contributed by atoms with E-state index in [0.29, 0.717) is 11.3 Å². The van der Waals surface area contributed by atoms with Crippen molar-refractivity contribution in [2.24, 2.45) is 0 Å². The van der Waals surface area contributed by atoms with Crippen LogP contribution in [0.15, 0.2) is 39.9 Å². The molecule has 0 saturated carbocycles. The summed E-state index contributed by atoms with van der Waals surface area (Å²) in [5.74, 6) is -0.708. The number of H-pyrrole nitrogens is 1. The molecule has 0 fully saturated rings. The number of halogens is 1. The Labute approximate surface area is 119 Å². The summed E-state index contributed by atoms with van der Waals surface area (Å²) in [4.78, 5) is 34.4. The number of aromatic amines is 1. The van der Waals surface area contributed by atoms with E-state index in [-0.39, 0.29) is 30.2 Å². The quantitative estimate of drug-likeness (QED) is 0.882. The summed E-state index contributed by atoms with van der Waals surface area (Å²) in [5, 5.41) is 4.96. The lowest BCUT2D eigenvalue weighted by Gasteiger charge is -2.09. The van der Waals surface area contributed by atoms with Crippen LogP contribution in [0.4, 0.5) is 10.1 Å². The largest absolute Gasteiger partial charge is 0.326 e. The first-order chi connectivity index (χ1) is 9.95. The lowest BCUT2D eigenvalue weighted by Crippen LogP contribution is -2.29. The number of anilines is 1. The molecule has 0 radical (unpaired) electrons. The molecule has 7 heteroatoms. The Hall–Kier alpha value is -2.70. The van der Waals surface area contributed by atoms with Crippen LogP contribution in [0.25, 0.3) is 0 Å². The molecule has 2 rings (SSSR count). The molecule has 1 aromatic heterocycles. The van der Waals surface area contributed by atoms with E-state index in [1.165, 1.54) is 18.2 Å². The molecule has 110 valence electrons. The molecule has 1 heterocycles. The van der Waals surface area contributed by atoms with Gasteiger partial charge in [-0.1, -0.05) is 0 Å². The summed E-state index contributed by atoms with van der Waals surface area (Å²) in [6, 6.07) is 6.30. The number of aromatic nitrogens is 2. The smallest absolute Gasteiger partial charge is 0.265 e. The number of nitrogens with zero attached hydrogens (tertiary/aromatic N) is 1. The molecule has 1 aromatic carbocycles. The molecule has 0 spiro atoms. The number of rotatable bonds is 4. The molecule has 21 heavy (non-hydrogen) atoms. The van der Waals surface area contributed by atoms with Crippen molar-refractivity contribution in [2.45, 2.75) is 19.9 Å². The summed E-state index contributed by atoms with van der Waals surface area (Å²) in [7, 11) is 0. The lowest BCUT2D eigenvalue weighted by molar-refractivity contribution is -0.116. The fourth-order valence-corrected chi connectivity index (χ4v) is 1.82. The van der Waals surface area contributed by atoms with E-state index in [1.54, 1.807) is 6.92 Å². The van der Waals surface area contributed by atoms with Crippen LogP contribution in [0.3, 0.4) is 0 Å². The first-order valence-corrected chi connectivity index (χ1v) is 6.32. The summed E-state index contributed by atoms with van der Waals surface area (Å²) in [6.07, 6.45) is 0.0106. The van der Waals surface area contributed by atoms with E-state index in [0.717, 1.165) is 16.8 Å². The molecule has 0 aliphatic carbocycles. The zero-order valence-electron chi connectivity index (χ0n) is 11.4. The fraction of sp³-hybridized carbons (Fsp3) is 0.214. The Morgan fingerprint density at radius 1 is 1.29 bits per heavy atom. The summed E-state index contributed by atoms with van der Waals surface area (Å²) >= 11 is 0. The maximum Gasteiger partial charge on any atom is 0.265 e. The van der Waals surface area contributed by atoms with Crippen molar-refractivity contribution in [1.82, 2.24) is 9.78 Å². The molecular formula is C14H14FN3O3. The predicted molar refractivity (Wildman–Crippen MR) is 75.7 cm³/mol. The van der Waals surface area contributed by atoms with Crippen molar-refractivity contribution in [3.63, 3.8) is 0 Å². The van der Waals surface area contributed by atoms with Gasteiger partial charge in [-0.05, 0) is 30.7 Å². The Morgan fingerprint density at radius 3 is 2.76 bits per heavy atom. The third kappa shape index (κ3) is 3.88. The minimum Gasteiger partial charge on any atom is -0.326 e. The van der Waals surface area contributed by atoms with Crippen LogP contribution < -0.4 is 16.4 Å². The van der Waals surface area contributed by atoms with Crippen LogP contribution in [0.2, 0.25) is 0 Å². The molecule has 0 bridgehead atoms. The molecular weight excluding hydrogens is 277 g/mol. The van der Waals surface area contributed by atoms with Gasteiger partial charge < -0.3 is 5.32 Å². The van der Waals surface area contributed by atoms with Gasteiger partial charge in [0.05, 0.1) is 6.54 Å². The van der Waals surface area contributed by atoms with Gasteiger partial charge in [0.1, 0.15) is 5.82 Å². The van der Waals surface area contributed by atoms with Crippen LogP contribution >= 0.6 is 0 Å². The van der Waals surface area contributed by atoms with Gasteiger partial charge in [-0.2, -0.15) is 0 Å². The number of nitrogens with one attached hydrogen (secondary N) is 2. The number of carbonyl (C=O) groups is 1. The third-order valence-electron chi connectivity index (χ3n) is 2.91. The highest BCUT2D eigenvalue weighted by Crippen LogP contribution is 2.15. The van der Waals surface area contributed by atoms with Gasteiger partial charge in [0.15, 0.2) is 0 Å². The number of benzene rings is 1. The average Bonchev–Trinajstić information content (AvgIpc) is 2.43. The first kappa shape index (κ1) is 14.7. The van der Waals surface area contributed by atoms with Gasteiger partial charge in [-0.25, -0.2) is 9.07 Å². The topological polar surface area (TPSA) is 84.0 Å². The van der Waals surface area contributed by atoms with Crippen molar-refractivity contribution in [1.29, 1.82) is 0 Å². The molecule has 0 aliphatic heterocycles. The van der Waals surface area contributed by atoms with Crippen LogP contribution in [-0.2, 0) is 11.3 Å². The molecule has 6 nitrogen and oxygen atoms in total. The molecule has 0 atom stereocenters. The lowest BCUT2D eigenvalue weighted by atomic mass is 10.2. The number of hydrogen-bond acceptors (Lipinski definition) is 3. The van der Waals surface area contributed by atoms with Crippen LogP contribution in [0.5, 0.6) is 0 Å². The zero-order valence-corrected chi connectivity index (χ0v) is 11.4. The van der Waals surface area contributed by atoms with Gasteiger partial charge in [0.25, 0.3) is 11.1 Å². The highest BCUT2D eigenvalue weighted by Gasteiger charge is 2.07. The Morgan fingerprint density at radius 2 is 2.05 bits per heavy atom. The number of aryl methyl sites for hydroxylation is 2. The highest BCUT2D eigenvalue weighted by atomic mass is 19.1. The Balaban J connectivity index is 2.00. The van der Waals surface area contributed by atoms with Gasteiger partial charge in [-0.3, -0.25) is 19.5 Å². The highest BCUT2D eigenvalue weighted by molar-refractivity contribution is 5.91. The van der Waals surface area contributed by atoms with Crippen molar-refractivity contribution in [3.8, 4) is 0 Å². The zero-order chi connectivity index (χ0) is 15.4. The first-order valence-electron chi connectivity index (χ1n) is 6.32. The predicted octanol–water partition coefficient (Wildman–Crippen LogP) is 1.01. The fourth-order valence-electron chi connectivity index (χ4n) is 1.82. The molecule has 0 aliphatic rings. The second-order valence-electron chi connectivity index (χ2n) is 4.56. The molecule has 1 amide bonds. The molecule has 0 unspecified atom stereocenters. The van der Waals surface area contributed by atoms with Crippen LogP contribution in [0, 0.1) is 12.7 Å². The van der Waals surface area contributed by atoms with E-state index in [9.17, 15) is 18.8 Å². The molecule has 0 saturated heterocycles. The Bertz CT molecular complexity index is 780. The van der Waals surface area contributed by atoms with Gasteiger partial charge in [0.2, 0.25) is 5.91 Å². The summed E-state index contributed by atoms with van der Waals surface area (Å²) in [5.41, 5.74) is 0.314. The third-order valence-corrected chi connectivity index (χ3v) is 2.91. The van der Waals surface area contributed by atoms with Gasteiger partial charge >= 0.3 is 0 Å². The summed E-state index contributed by atoms with van der Waals surface area (Å²) < 4.78 is 14.0. The van der Waals surface area contributed by atoms with E-state index in [4.69, 9.17) is 0 Å². The van der Waals surface area contributed by atoms with Crippen molar-refractivity contribution < 1.29 is 9.18 Å². The van der Waals surface area contributed by atoms with Crippen molar-refractivity contribution in [2.75, 3.05) is 5.32 Å². The Kier molecular flexibility index (Phi) is 4.32. The second-order valence-corrected chi connectivity index (χ2v) is 4.56.